The molecule has 2 saturated heterocycles. The third-order valence-electron chi connectivity index (χ3n) is 14.8. The second kappa shape index (κ2) is 22.9. The van der Waals surface area contributed by atoms with E-state index >= 15 is 4.39 Å². The first kappa shape index (κ1) is 51.8. The van der Waals surface area contributed by atoms with Crippen LogP contribution in [-0.4, -0.2) is 112 Å². The zero-order valence-corrected chi connectivity index (χ0v) is 43.3. The number of nitrogens with one attached hydrogen (secondary N) is 3. The van der Waals surface area contributed by atoms with Crippen molar-refractivity contribution in [2.45, 2.75) is 137 Å². The summed E-state index contributed by atoms with van der Waals surface area (Å²) in [6, 6.07) is 19.7. The molecule has 7 atom stereocenters. The number of amides is 1. The number of nitrogens with zero attached hydrogens (tertiary/aromatic N) is 5. The first-order chi connectivity index (χ1) is 34.2. The number of rotatable bonds is 20. The van der Waals surface area contributed by atoms with Crippen molar-refractivity contribution in [1.82, 2.24) is 35.0 Å². The maximum absolute atomic E-state index is 17.1. The lowest BCUT2D eigenvalue weighted by atomic mass is 10.0. The van der Waals surface area contributed by atoms with Crippen LogP contribution in [0.2, 0.25) is 0 Å². The van der Waals surface area contributed by atoms with Crippen molar-refractivity contribution in [3.63, 3.8) is 0 Å². The van der Waals surface area contributed by atoms with Crippen LogP contribution in [-0.2, 0) is 9.47 Å². The molecular formula is C56H75FN8O6. The molecule has 15 heteroatoms. The number of aromatic nitrogens is 3. The van der Waals surface area contributed by atoms with Crippen LogP contribution in [0.5, 0.6) is 11.5 Å². The van der Waals surface area contributed by atoms with Gasteiger partial charge in [-0.3, -0.25) is 20.1 Å². The predicted octanol–water partition coefficient (Wildman–Crippen LogP) is 10.7. The molecule has 382 valence electrons. The summed E-state index contributed by atoms with van der Waals surface area (Å²) in [5.41, 5.74) is 7.35. The van der Waals surface area contributed by atoms with Crippen molar-refractivity contribution < 1.29 is 33.2 Å². The van der Waals surface area contributed by atoms with Crippen LogP contribution in [0.4, 0.5) is 9.18 Å². The summed E-state index contributed by atoms with van der Waals surface area (Å²) in [7, 11) is 3.03. The van der Waals surface area contributed by atoms with Crippen molar-refractivity contribution in [2.75, 3.05) is 40.6 Å². The van der Waals surface area contributed by atoms with Crippen molar-refractivity contribution >= 4 is 28.3 Å². The summed E-state index contributed by atoms with van der Waals surface area (Å²) in [4.78, 5) is 30.1. The first-order valence-corrected chi connectivity index (χ1v) is 25.7. The zero-order chi connectivity index (χ0) is 50.5. The molecule has 5 aromatic rings. The number of H-pyrrole nitrogens is 1. The Morgan fingerprint density at radius 3 is 2.56 bits per heavy atom. The Morgan fingerprint density at radius 1 is 1.03 bits per heavy atom. The van der Waals surface area contributed by atoms with E-state index in [2.05, 4.69) is 90.9 Å². The Balaban J connectivity index is 1.13. The minimum Gasteiger partial charge on any atom is -0.491 e. The van der Waals surface area contributed by atoms with Crippen LogP contribution in [0, 0.1) is 17.7 Å². The largest absolute Gasteiger partial charge is 0.491 e. The van der Waals surface area contributed by atoms with Gasteiger partial charge in [0.05, 0.1) is 60.7 Å². The number of ether oxygens (including phenoxy) is 4. The fourth-order valence-electron chi connectivity index (χ4n) is 10.6. The maximum atomic E-state index is 17.1. The number of fused-ring (bicyclic) bond motifs is 5. The SMILES string of the molecule is CC/C(=C\N=C(/C)[C@@H]1CCCN1C[C@@H](NCOC)C(C)C)c1ccc2c(c1)cc1n2C(c2cccc(O[C@H](C)CC)c2)Oc2cc(-c3cnc([C@@H]4CCCN4C(O)[C@@H](NC(=O)OC)C(C)C)[nH]3)cc(F)c2-1. The molecule has 8 rings (SSSR count). The molecular weight excluding hydrogens is 900 g/mol. The molecule has 71 heavy (non-hydrogen) atoms. The molecule has 1 amide bonds. The lowest BCUT2D eigenvalue weighted by Crippen LogP contribution is -2.54. The molecule has 0 radical (unpaired) electrons. The number of benzene rings is 3. The smallest absolute Gasteiger partial charge is 0.407 e. The molecule has 2 fully saturated rings. The van der Waals surface area contributed by atoms with E-state index in [1.165, 1.54) is 13.2 Å². The predicted molar refractivity (Wildman–Crippen MR) is 279 cm³/mol. The van der Waals surface area contributed by atoms with Gasteiger partial charge in [-0.25, -0.2) is 14.2 Å². The molecule has 0 bridgehead atoms. The van der Waals surface area contributed by atoms with Crippen molar-refractivity contribution in [2.24, 2.45) is 16.8 Å². The molecule has 3 aromatic carbocycles. The number of aliphatic imine (C=N–C) groups is 1. The number of allylic oxidation sites excluding steroid dienone is 1. The average molecular weight is 975 g/mol. The Hall–Kier alpha value is -5.58. The van der Waals surface area contributed by atoms with E-state index in [0.29, 0.717) is 59.3 Å². The van der Waals surface area contributed by atoms with Gasteiger partial charge in [-0.15, -0.1) is 0 Å². The molecule has 0 spiro atoms. The highest BCUT2D eigenvalue weighted by atomic mass is 19.1. The van der Waals surface area contributed by atoms with Crippen molar-refractivity contribution in [3.8, 4) is 34.0 Å². The average Bonchev–Trinajstić information content (AvgIpc) is 4.20. The second-order valence-electron chi connectivity index (χ2n) is 20.2. The van der Waals surface area contributed by atoms with E-state index in [0.717, 1.165) is 90.7 Å². The molecule has 14 nitrogen and oxygen atoms in total. The number of halogens is 1. The summed E-state index contributed by atoms with van der Waals surface area (Å²) in [6.07, 6.45) is 7.00. The number of aliphatic hydroxyl groups excluding tert-OH is 1. The van der Waals surface area contributed by atoms with Gasteiger partial charge in [0.1, 0.15) is 29.4 Å². The minimum atomic E-state index is -0.980. The molecule has 4 N–H and O–H groups in total. The molecule has 3 aliphatic rings. The van der Waals surface area contributed by atoms with Gasteiger partial charge < -0.3 is 38.9 Å². The molecule has 5 heterocycles. The van der Waals surface area contributed by atoms with E-state index in [9.17, 15) is 9.90 Å². The van der Waals surface area contributed by atoms with Gasteiger partial charge in [0.25, 0.3) is 0 Å². The summed E-state index contributed by atoms with van der Waals surface area (Å²) in [6.45, 7) is 20.0. The number of carbonyl (C=O) groups excluding carboxylic acids is 1. The lowest BCUT2D eigenvalue weighted by Gasteiger charge is -2.35. The Labute approximate surface area is 419 Å². The monoisotopic (exact) mass is 975 g/mol. The number of likely N-dealkylation sites (tertiary alicyclic amines) is 2. The minimum absolute atomic E-state index is 0.0231. The van der Waals surface area contributed by atoms with Crippen molar-refractivity contribution in [1.29, 1.82) is 0 Å². The van der Waals surface area contributed by atoms with E-state index in [-0.39, 0.29) is 24.1 Å². The lowest BCUT2D eigenvalue weighted by molar-refractivity contribution is -0.0440. The van der Waals surface area contributed by atoms with Crippen LogP contribution in [0.15, 0.2) is 78.1 Å². The number of aromatic amines is 1. The highest BCUT2D eigenvalue weighted by molar-refractivity contribution is 5.93. The second-order valence-corrected chi connectivity index (χ2v) is 20.2. The van der Waals surface area contributed by atoms with E-state index < -0.39 is 30.4 Å². The van der Waals surface area contributed by atoms with Crippen LogP contribution in [0.1, 0.15) is 123 Å². The van der Waals surface area contributed by atoms with E-state index in [1.807, 2.05) is 55.3 Å². The molecule has 2 aromatic heterocycles. The van der Waals surface area contributed by atoms with Crippen LogP contribution < -0.4 is 20.1 Å². The quantitative estimate of drug-likeness (QED) is 0.0438. The number of imidazole rings is 1. The van der Waals surface area contributed by atoms with E-state index in [1.54, 1.807) is 13.3 Å². The topological polar surface area (TPSA) is 151 Å². The van der Waals surface area contributed by atoms with Gasteiger partial charge in [-0.05, 0) is 124 Å². The molecule has 2 unspecified atom stereocenters. The number of hydrogen-bond donors (Lipinski definition) is 4. The van der Waals surface area contributed by atoms with Gasteiger partial charge in [0.2, 0.25) is 6.23 Å². The summed E-state index contributed by atoms with van der Waals surface area (Å²) < 4.78 is 42.6. The molecule has 3 aliphatic heterocycles. The number of hydrogen-bond acceptors (Lipinski definition) is 11. The summed E-state index contributed by atoms with van der Waals surface area (Å²) in [5.74, 6) is 1.77. The number of carbonyl (C=O) groups is 1. The van der Waals surface area contributed by atoms with E-state index in [4.69, 9.17) is 28.9 Å². The maximum Gasteiger partial charge on any atom is 0.407 e. The first-order valence-electron chi connectivity index (χ1n) is 25.7. The zero-order valence-electron chi connectivity index (χ0n) is 43.3. The van der Waals surface area contributed by atoms with Crippen LogP contribution in [0.3, 0.4) is 0 Å². The number of methoxy groups -OCH3 is 2. The van der Waals surface area contributed by atoms with Gasteiger partial charge in [-0.1, -0.05) is 59.7 Å². The molecule has 0 aliphatic carbocycles. The fourth-order valence-corrected chi connectivity index (χ4v) is 10.6. The third kappa shape index (κ3) is 11.2. The highest BCUT2D eigenvalue weighted by Crippen LogP contribution is 2.48. The molecule has 0 saturated carbocycles. The van der Waals surface area contributed by atoms with Gasteiger partial charge in [0.15, 0.2) is 0 Å². The Kier molecular flexibility index (Phi) is 16.7. The summed E-state index contributed by atoms with van der Waals surface area (Å²) >= 11 is 0. The third-order valence-corrected chi connectivity index (χ3v) is 14.8. The van der Waals surface area contributed by atoms with Gasteiger partial charge in [-0.2, -0.15) is 0 Å². The van der Waals surface area contributed by atoms with Gasteiger partial charge in [0, 0.05) is 60.7 Å². The fraction of sp³-hybridized carbons (Fsp3) is 0.518. The highest BCUT2D eigenvalue weighted by Gasteiger charge is 2.39. The normalized spacial score (nSPS) is 20.5. The Bertz CT molecular complexity index is 2690. The van der Waals surface area contributed by atoms with Crippen LogP contribution in [0.25, 0.3) is 39.0 Å². The summed E-state index contributed by atoms with van der Waals surface area (Å²) in [5, 5.41) is 18.9. The Morgan fingerprint density at radius 2 is 1.83 bits per heavy atom. The standard InChI is InChI=1S/C56H75FN8O6/c1-11-35(7)70-42-17-13-16-39(25-42)55-65-47-21-20-38(37(12-2)29-58-36(8)46-18-14-22-63(46)31-45(33(3)4)60-32-68-9)24-41(47)27-49(65)51-43(57)26-40(28-50(51)71-55)44-30-59-53(61-44)48-19-15-23-64(48)54(66)52(34(5)6)62-56(67)69-10/h13,16-17,20-21,24-30,33-35,45-46,48,52,54-55,60,66H,11-12,14-15,18-19,22-23,31-32H2,1-10H3,(H,59,61)(H,62,67)/b37-29+,58-36+/t35-,45-,46+,48+,52+,54?,55?/m1/s1. The van der Waals surface area contributed by atoms with Gasteiger partial charge >= 0.3 is 6.09 Å². The number of alkyl carbamates (subject to hydrolysis) is 1. The number of aliphatic hydroxyl groups is 1. The van der Waals surface area contributed by atoms with Crippen LogP contribution >= 0.6 is 0 Å². The van der Waals surface area contributed by atoms with Crippen molar-refractivity contribution in [3.05, 3.63) is 95.8 Å².